The van der Waals surface area contributed by atoms with E-state index in [4.69, 9.17) is 4.74 Å². The minimum atomic E-state index is -3.79. The summed E-state index contributed by atoms with van der Waals surface area (Å²) in [6.07, 6.45) is 3.83. The van der Waals surface area contributed by atoms with Gasteiger partial charge < -0.3 is 15.0 Å². The van der Waals surface area contributed by atoms with Gasteiger partial charge in [0.15, 0.2) is 9.34 Å². The molecule has 1 aliphatic heterocycles. The predicted molar refractivity (Wildman–Crippen MR) is 140 cm³/mol. The van der Waals surface area contributed by atoms with E-state index >= 15 is 0 Å². The topological polar surface area (TPSA) is 135 Å². The number of benzene rings is 1. The molecule has 1 saturated heterocycles. The number of sulfonamides is 1. The van der Waals surface area contributed by atoms with Crippen LogP contribution in [0.1, 0.15) is 19.0 Å². The standard InChI is InChI=1S/C23H26N8O4S2/c1-15-21(36-23(27-15)28-16(2)32)37(33,34)30-10-4-9-29(11-12-30)20-19(13-24-22-25-14-26-31(20)22)17-5-7-18(35-3)8-6-17/h5-8,13-14H,4,9-12H2,1-3H3,(H,27,28,32). The summed E-state index contributed by atoms with van der Waals surface area (Å²) in [4.78, 5) is 26.4. The van der Waals surface area contributed by atoms with Gasteiger partial charge in [-0.25, -0.2) is 18.4 Å². The quantitative estimate of drug-likeness (QED) is 0.390. The fraction of sp³-hybridized carbons (Fsp3) is 0.348. The van der Waals surface area contributed by atoms with E-state index in [2.05, 4.69) is 30.3 Å². The van der Waals surface area contributed by atoms with Crippen LogP contribution >= 0.6 is 11.3 Å². The fourth-order valence-electron chi connectivity index (χ4n) is 4.33. The maximum absolute atomic E-state index is 13.5. The van der Waals surface area contributed by atoms with Crippen molar-refractivity contribution in [2.24, 2.45) is 0 Å². The lowest BCUT2D eigenvalue weighted by molar-refractivity contribution is -0.114. The van der Waals surface area contributed by atoms with Crippen molar-refractivity contribution in [1.29, 1.82) is 0 Å². The van der Waals surface area contributed by atoms with Crippen molar-refractivity contribution in [3.63, 3.8) is 0 Å². The van der Waals surface area contributed by atoms with Crippen molar-refractivity contribution in [2.45, 2.75) is 24.5 Å². The lowest BCUT2D eigenvalue weighted by Gasteiger charge is -2.26. The largest absolute Gasteiger partial charge is 0.497 e. The number of aromatic nitrogens is 5. The zero-order chi connectivity index (χ0) is 26.2. The van der Waals surface area contributed by atoms with E-state index in [-0.39, 0.29) is 21.8 Å². The monoisotopic (exact) mass is 542 g/mol. The SMILES string of the molecule is COc1ccc(-c2cnc3ncnn3c2N2CCCN(S(=O)(=O)c3sc(NC(C)=O)nc3C)CC2)cc1. The van der Waals surface area contributed by atoms with Gasteiger partial charge >= 0.3 is 0 Å². The molecule has 0 radical (unpaired) electrons. The summed E-state index contributed by atoms with van der Waals surface area (Å²) in [6, 6.07) is 7.67. The van der Waals surface area contributed by atoms with Gasteiger partial charge in [-0.15, -0.1) is 0 Å². The Morgan fingerprint density at radius 1 is 1.11 bits per heavy atom. The van der Waals surface area contributed by atoms with Crippen molar-refractivity contribution < 1.29 is 17.9 Å². The number of ether oxygens (including phenoxy) is 1. The van der Waals surface area contributed by atoms with Gasteiger partial charge in [-0.05, 0) is 31.0 Å². The van der Waals surface area contributed by atoms with Gasteiger partial charge in [0.25, 0.3) is 15.8 Å². The van der Waals surface area contributed by atoms with Crippen LogP contribution in [0.2, 0.25) is 0 Å². The number of methoxy groups -OCH3 is 1. The molecule has 12 nitrogen and oxygen atoms in total. The van der Waals surface area contributed by atoms with Crippen LogP contribution in [0.15, 0.2) is 41.0 Å². The molecule has 14 heteroatoms. The number of carbonyl (C=O) groups is 1. The number of carbonyl (C=O) groups excluding carboxylic acids is 1. The minimum absolute atomic E-state index is 0.145. The lowest BCUT2D eigenvalue weighted by atomic mass is 10.1. The van der Waals surface area contributed by atoms with E-state index in [1.165, 1.54) is 17.6 Å². The number of nitrogens with one attached hydrogen (secondary N) is 1. The first-order chi connectivity index (χ1) is 17.8. The summed E-state index contributed by atoms with van der Waals surface area (Å²) in [7, 11) is -2.17. The van der Waals surface area contributed by atoms with Gasteiger partial charge in [0.1, 0.15) is 17.9 Å². The Hall–Kier alpha value is -3.62. The van der Waals surface area contributed by atoms with Crippen molar-refractivity contribution >= 4 is 44.0 Å². The predicted octanol–water partition coefficient (Wildman–Crippen LogP) is 2.42. The molecule has 1 N–H and O–H groups in total. The Morgan fingerprint density at radius 2 is 1.89 bits per heavy atom. The second kappa shape index (κ2) is 10.0. The van der Waals surface area contributed by atoms with E-state index in [0.29, 0.717) is 37.5 Å². The molecule has 1 amide bonds. The normalized spacial score (nSPS) is 15.1. The Balaban J connectivity index is 1.46. The molecule has 37 heavy (non-hydrogen) atoms. The number of aryl methyl sites for hydroxylation is 1. The summed E-state index contributed by atoms with van der Waals surface area (Å²) in [6.45, 7) is 4.69. The van der Waals surface area contributed by atoms with Crippen LogP contribution in [0.3, 0.4) is 0 Å². The molecule has 5 rings (SSSR count). The third-order valence-corrected chi connectivity index (χ3v) is 9.61. The molecule has 0 atom stereocenters. The van der Waals surface area contributed by atoms with Gasteiger partial charge in [0, 0.05) is 44.9 Å². The van der Waals surface area contributed by atoms with Crippen LogP contribution in [-0.4, -0.2) is 76.5 Å². The number of amides is 1. The molecule has 3 aromatic heterocycles. The molecule has 0 saturated carbocycles. The molecule has 0 spiro atoms. The summed E-state index contributed by atoms with van der Waals surface area (Å²) in [5, 5.41) is 7.25. The second-order valence-corrected chi connectivity index (χ2v) is 11.6. The number of hydrogen-bond acceptors (Lipinski definition) is 10. The van der Waals surface area contributed by atoms with Crippen molar-refractivity contribution in [3.8, 4) is 16.9 Å². The molecule has 194 valence electrons. The molecule has 4 aromatic rings. The van der Waals surface area contributed by atoms with Gasteiger partial charge in [-0.1, -0.05) is 23.5 Å². The van der Waals surface area contributed by atoms with Gasteiger partial charge in [0.05, 0.1) is 12.8 Å². The third kappa shape index (κ3) is 4.86. The highest BCUT2D eigenvalue weighted by Crippen LogP contribution is 2.34. The van der Waals surface area contributed by atoms with Crippen molar-refractivity contribution in [1.82, 2.24) is 28.9 Å². The Labute approximate surface area is 218 Å². The number of anilines is 2. The Bertz CT molecular complexity index is 1550. The Morgan fingerprint density at radius 3 is 2.62 bits per heavy atom. The highest BCUT2D eigenvalue weighted by atomic mass is 32.2. The maximum Gasteiger partial charge on any atom is 0.254 e. The van der Waals surface area contributed by atoms with E-state index in [1.807, 2.05) is 24.3 Å². The highest BCUT2D eigenvalue weighted by molar-refractivity contribution is 7.91. The summed E-state index contributed by atoms with van der Waals surface area (Å²) in [5.74, 6) is 1.71. The minimum Gasteiger partial charge on any atom is -0.497 e. The summed E-state index contributed by atoms with van der Waals surface area (Å²) >= 11 is 0.971. The second-order valence-electron chi connectivity index (χ2n) is 8.51. The van der Waals surface area contributed by atoms with Crippen molar-refractivity contribution in [2.75, 3.05) is 43.5 Å². The molecular formula is C23H26N8O4S2. The fourth-order valence-corrected chi connectivity index (χ4v) is 7.40. The average molecular weight is 543 g/mol. The van der Waals surface area contributed by atoms with Crippen LogP contribution in [0.25, 0.3) is 16.9 Å². The van der Waals surface area contributed by atoms with Crippen molar-refractivity contribution in [3.05, 3.63) is 42.5 Å². The van der Waals surface area contributed by atoms with E-state index in [1.54, 1.807) is 24.7 Å². The smallest absolute Gasteiger partial charge is 0.254 e. The molecule has 0 bridgehead atoms. The van der Waals surface area contributed by atoms with Crippen LogP contribution in [0.5, 0.6) is 5.75 Å². The molecule has 0 unspecified atom stereocenters. The molecular weight excluding hydrogens is 516 g/mol. The lowest BCUT2D eigenvalue weighted by Crippen LogP contribution is -2.35. The van der Waals surface area contributed by atoms with Crippen LogP contribution in [0.4, 0.5) is 10.9 Å². The van der Waals surface area contributed by atoms with Gasteiger partial charge in [0.2, 0.25) is 5.91 Å². The molecule has 1 aliphatic rings. The zero-order valence-corrected chi connectivity index (χ0v) is 22.2. The van der Waals surface area contributed by atoms with Crippen LogP contribution in [-0.2, 0) is 14.8 Å². The molecule has 0 aliphatic carbocycles. The highest BCUT2D eigenvalue weighted by Gasteiger charge is 2.32. The Kier molecular flexibility index (Phi) is 6.79. The zero-order valence-electron chi connectivity index (χ0n) is 20.6. The maximum atomic E-state index is 13.5. The van der Waals surface area contributed by atoms with Crippen LogP contribution < -0.4 is 15.0 Å². The van der Waals surface area contributed by atoms with Crippen LogP contribution in [0, 0.1) is 6.92 Å². The van der Waals surface area contributed by atoms with E-state index in [0.717, 1.165) is 34.0 Å². The van der Waals surface area contributed by atoms with Gasteiger partial charge in [-0.2, -0.15) is 18.9 Å². The number of thiazole rings is 1. The van der Waals surface area contributed by atoms with E-state index < -0.39 is 10.0 Å². The first-order valence-electron chi connectivity index (χ1n) is 11.6. The first kappa shape index (κ1) is 25.0. The number of fused-ring (bicyclic) bond motifs is 1. The average Bonchev–Trinajstić information content (AvgIpc) is 3.41. The number of nitrogens with zero attached hydrogens (tertiary/aromatic N) is 7. The number of rotatable bonds is 6. The van der Waals surface area contributed by atoms with E-state index in [9.17, 15) is 13.2 Å². The summed E-state index contributed by atoms with van der Waals surface area (Å²) < 4.78 is 35.7. The van der Waals surface area contributed by atoms with Gasteiger partial charge in [-0.3, -0.25) is 4.79 Å². The molecule has 4 heterocycles. The first-order valence-corrected chi connectivity index (χ1v) is 13.9. The molecule has 1 aromatic carbocycles. The number of hydrogen-bond donors (Lipinski definition) is 1. The summed E-state index contributed by atoms with van der Waals surface area (Å²) in [5.41, 5.74) is 2.16. The molecule has 1 fully saturated rings. The third-order valence-electron chi connectivity index (χ3n) is 6.05.